The van der Waals surface area contributed by atoms with Gasteiger partial charge in [0.1, 0.15) is 0 Å². The minimum Gasteiger partial charge on any atom is -0.462 e. The Labute approximate surface area is 103 Å². The van der Waals surface area contributed by atoms with Crippen LogP contribution in [0.4, 0.5) is 13.2 Å². The van der Waals surface area contributed by atoms with Crippen molar-refractivity contribution in [3.63, 3.8) is 0 Å². The van der Waals surface area contributed by atoms with E-state index in [-0.39, 0.29) is 5.56 Å². The lowest BCUT2D eigenvalue weighted by molar-refractivity contribution is -0.137. The van der Waals surface area contributed by atoms with Crippen LogP contribution >= 0.6 is 0 Å². The summed E-state index contributed by atoms with van der Waals surface area (Å²) < 4.78 is 41.9. The molecule has 0 aromatic heterocycles. The molecular formula is C13H13F3O2. The predicted octanol–water partition coefficient (Wildman–Crippen LogP) is 3.66. The summed E-state index contributed by atoms with van der Waals surface area (Å²) in [6, 6.07) is 4.06. The highest BCUT2D eigenvalue weighted by atomic mass is 19.4. The number of benzene rings is 1. The molecule has 0 spiro atoms. The third kappa shape index (κ3) is 3.48. The van der Waals surface area contributed by atoms with Gasteiger partial charge in [-0.2, -0.15) is 13.2 Å². The van der Waals surface area contributed by atoms with Gasteiger partial charge in [-0.05, 0) is 36.6 Å². The largest absolute Gasteiger partial charge is 0.462 e. The van der Waals surface area contributed by atoms with Gasteiger partial charge in [0.2, 0.25) is 0 Å². The molecule has 18 heavy (non-hydrogen) atoms. The first-order chi connectivity index (χ1) is 8.47. The minimum atomic E-state index is -4.38. The van der Waals surface area contributed by atoms with Crippen molar-refractivity contribution in [1.82, 2.24) is 0 Å². The van der Waals surface area contributed by atoms with Gasteiger partial charge < -0.3 is 4.74 Å². The van der Waals surface area contributed by atoms with Crippen LogP contribution in [-0.4, -0.2) is 12.6 Å². The SMILES string of the molecule is O=C(OCCC1CC1)c1ccc(C(F)(F)F)cc1. The molecule has 0 heterocycles. The van der Waals surface area contributed by atoms with Crippen molar-refractivity contribution >= 4 is 5.97 Å². The summed E-state index contributed by atoms with van der Waals surface area (Å²) in [6.45, 7) is 0.338. The number of hydrogen-bond donors (Lipinski definition) is 0. The Morgan fingerprint density at radius 2 is 1.83 bits per heavy atom. The molecule has 0 N–H and O–H groups in total. The average molecular weight is 258 g/mol. The number of alkyl halides is 3. The fourth-order valence-corrected chi connectivity index (χ4v) is 1.60. The molecule has 1 aliphatic rings. The van der Waals surface area contributed by atoms with Crippen LogP contribution < -0.4 is 0 Å². The van der Waals surface area contributed by atoms with Crippen LogP contribution in [0.25, 0.3) is 0 Å². The van der Waals surface area contributed by atoms with Crippen molar-refractivity contribution in [1.29, 1.82) is 0 Å². The summed E-state index contributed by atoms with van der Waals surface area (Å²) in [5, 5.41) is 0. The third-order valence-electron chi connectivity index (χ3n) is 2.90. The van der Waals surface area contributed by atoms with Gasteiger partial charge in [0.25, 0.3) is 0 Å². The summed E-state index contributed by atoms with van der Waals surface area (Å²) >= 11 is 0. The fourth-order valence-electron chi connectivity index (χ4n) is 1.60. The molecule has 2 rings (SSSR count). The lowest BCUT2D eigenvalue weighted by Gasteiger charge is -2.07. The second kappa shape index (κ2) is 5.00. The van der Waals surface area contributed by atoms with E-state index >= 15 is 0 Å². The number of carbonyl (C=O) groups excluding carboxylic acids is 1. The van der Waals surface area contributed by atoms with E-state index in [0.717, 1.165) is 30.7 Å². The van der Waals surface area contributed by atoms with Gasteiger partial charge in [0.05, 0.1) is 17.7 Å². The van der Waals surface area contributed by atoms with Gasteiger partial charge in [0.15, 0.2) is 0 Å². The molecule has 1 fully saturated rings. The summed E-state index contributed by atoms with van der Waals surface area (Å²) in [4.78, 5) is 11.5. The molecule has 1 aromatic carbocycles. The van der Waals surface area contributed by atoms with Crippen molar-refractivity contribution in [3.05, 3.63) is 35.4 Å². The second-order valence-corrected chi connectivity index (χ2v) is 4.44. The number of esters is 1. The van der Waals surface area contributed by atoms with Crippen molar-refractivity contribution in [2.75, 3.05) is 6.61 Å². The van der Waals surface area contributed by atoms with Gasteiger partial charge in [0, 0.05) is 0 Å². The van der Waals surface area contributed by atoms with Gasteiger partial charge in [-0.1, -0.05) is 12.8 Å². The molecule has 2 nitrogen and oxygen atoms in total. The van der Waals surface area contributed by atoms with Crippen LogP contribution in [0.5, 0.6) is 0 Å². The zero-order chi connectivity index (χ0) is 13.2. The molecule has 0 radical (unpaired) electrons. The molecule has 0 unspecified atom stereocenters. The van der Waals surface area contributed by atoms with Gasteiger partial charge in [-0.15, -0.1) is 0 Å². The van der Waals surface area contributed by atoms with Crippen molar-refractivity contribution in [2.45, 2.75) is 25.4 Å². The normalized spacial score (nSPS) is 15.5. The van der Waals surface area contributed by atoms with E-state index in [0.29, 0.717) is 12.5 Å². The smallest absolute Gasteiger partial charge is 0.416 e. The van der Waals surface area contributed by atoms with E-state index in [1.54, 1.807) is 0 Å². The first-order valence-corrected chi connectivity index (χ1v) is 5.81. The minimum absolute atomic E-state index is 0.152. The lowest BCUT2D eigenvalue weighted by Crippen LogP contribution is -2.09. The molecule has 1 saturated carbocycles. The van der Waals surface area contributed by atoms with Crippen LogP contribution in [0.15, 0.2) is 24.3 Å². The van der Waals surface area contributed by atoms with Gasteiger partial charge >= 0.3 is 12.1 Å². The average Bonchev–Trinajstić information content (AvgIpc) is 3.12. The highest BCUT2D eigenvalue weighted by molar-refractivity contribution is 5.89. The van der Waals surface area contributed by atoms with Crippen molar-refractivity contribution in [2.24, 2.45) is 5.92 Å². The monoisotopic (exact) mass is 258 g/mol. The maximum atomic E-state index is 12.3. The Bertz CT molecular complexity index is 419. The molecule has 0 aliphatic heterocycles. The Hall–Kier alpha value is -1.52. The number of hydrogen-bond acceptors (Lipinski definition) is 2. The van der Waals surface area contributed by atoms with E-state index < -0.39 is 17.7 Å². The molecule has 1 aliphatic carbocycles. The van der Waals surface area contributed by atoms with Gasteiger partial charge in [-0.25, -0.2) is 4.79 Å². The summed E-state index contributed by atoms with van der Waals surface area (Å²) in [7, 11) is 0. The summed E-state index contributed by atoms with van der Waals surface area (Å²) in [5.41, 5.74) is -0.615. The van der Waals surface area contributed by atoms with Crippen molar-refractivity contribution in [3.8, 4) is 0 Å². The second-order valence-electron chi connectivity index (χ2n) is 4.44. The summed E-state index contributed by atoms with van der Waals surface area (Å²) in [6.07, 6.45) is -1.18. The molecule has 5 heteroatoms. The number of halogens is 3. The molecule has 1 aromatic rings. The van der Waals surface area contributed by atoms with E-state index in [4.69, 9.17) is 4.74 Å². The Balaban J connectivity index is 1.89. The van der Waals surface area contributed by atoms with Crippen LogP contribution in [0, 0.1) is 5.92 Å². The number of ether oxygens (including phenoxy) is 1. The molecular weight excluding hydrogens is 245 g/mol. The molecule has 0 bridgehead atoms. The molecule has 0 atom stereocenters. The van der Waals surface area contributed by atoms with Crippen LogP contribution in [0.1, 0.15) is 35.2 Å². The van der Waals surface area contributed by atoms with E-state index in [2.05, 4.69) is 0 Å². The van der Waals surface area contributed by atoms with E-state index in [1.807, 2.05) is 0 Å². The highest BCUT2D eigenvalue weighted by Gasteiger charge is 2.30. The topological polar surface area (TPSA) is 26.3 Å². The first-order valence-electron chi connectivity index (χ1n) is 5.81. The Kier molecular flexibility index (Phi) is 3.59. The Morgan fingerprint density at radius 3 is 2.33 bits per heavy atom. The van der Waals surface area contributed by atoms with Gasteiger partial charge in [-0.3, -0.25) is 0 Å². The van der Waals surface area contributed by atoms with Crippen molar-refractivity contribution < 1.29 is 22.7 Å². The standard InChI is InChI=1S/C13H13F3O2/c14-13(15,16)11-5-3-10(4-6-11)12(17)18-8-7-9-1-2-9/h3-6,9H,1-2,7-8H2. The van der Waals surface area contributed by atoms with Crippen LogP contribution in [-0.2, 0) is 10.9 Å². The quantitative estimate of drug-likeness (QED) is 0.770. The molecule has 0 amide bonds. The lowest BCUT2D eigenvalue weighted by atomic mass is 10.1. The summed E-state index contributed by atoms with van der Waals surface area (Å²) in [5.74, 6) is 0.0924. The number of rotatable bonds is 4. The first kappa shape index (κ1) is 12.9. The molecule has 0 saturated heterocycles. The predicted molar refractivity (Wildman–Crippen MR) is 59.1 cm³/mol. The zero-order valence-corrected chi connectivity index (χ0v) is 9.67. The Morgan fingerprint density at radius 1 is 1.22 bits per heavy atom. The molecule has 98 valence electrons. The third-order valence-corrected chi connectivity index (χ3v) is 2.90. The maximum absolute atomic E-state index is 12.3. The van der Waals surface area contributed by atoms with Crippen LogP contribution in [0.2, 0.25) is 0 Å². The zero-order valence-electron chi connectivity index (χ0n) is 9.67. The van der Waals surface area contributed by atoms with E-state index in [9.17, 15) is 18.0 Å². The van der Waals surface area contributed by atoms with E-state index in [1.165, 1.54) is 12.8 Å². The number of carbonyl (C=O) groups is 1. The highest BCUT2D eigenvalue weighted by Crippen LogP contribution is 2.32. The maximum Gasteiger partial charge on any atom is 0.416 e. The van der Waals surface area contributed by atoms with Crippen LogP contribution in [0.3, 0.4) is 0 Å². The fraction of sp³-hybridized carbons (Fsp3) is 0.462.